The first-order chi connectivity index (χ1) is 15.4. The summed E-state index contributed by atoms with van der Waals surface area (Å²) in [6, 6.07) is 17.8. The Labute approximate surface area is 194 Å². The predicted octanol–water partition coefficient (Wildman–Crippen LogP) is 6.97. The van der Waals surface area contributed by atoms with E-state index in [1.54, 1.807) is 42.5 Å². The van der Waals surface area contributed by atoms with Gasteiger partial charge in [0.15, 0.2) is 0 Å². The molecule has 0 spiro atoms. The average Bonchev–Trinajstić information content (AvgIpc) is 3.45. The second-order valence-electron chi connectivity index (χ2n) is 7.11. The van der Waals surface area contributed by atoms with Gasteiger partial charge in [-0.15, -0.1) is 0 Å². The molecule has 1 amide bonds. The second-order valence-corrected chi connectivity index (χ2v) is 7.92. The van der Waals surface area contributed by atoms with Crippen molar-refractivity contribution < 1.29 is 18.7 Å². The van der Waals surface area contributed by atoms with Crippen LogP contribution in [-0.4, -0.2) is 11.0 Å². The Morgan fingerprint density at radius 3 is 2.53 bits per heavy atom. The Balaban J connectivity index is 1.45. The van der Waals surface area contributed by atoms with Crippen molar-refractivity contribution in [3.63, 3.8) is 0 Å². The van der Waals surface area contributed by atoms with Gasteiger partial charge in [-0.05, 0) is 67.1 Å². The van der Waals surface area contributed by atoms with Crippen LogP contribution in [0.1, 0.15) is 17.1 Å². The maximum Gasteiger partial charge on any atom is 0.248 e. The van der Waals surface area contributed by atoms with Gasteiger partial charge in [0.05, 0.1) is 5.02 Å². The van der Waals surface area contributed by atoms with Crippen molar-refractivity contribution >= 4 is 40.9 Å². The van der Waals surface area contributed by atoms with Gasteiger partial charge < -0.3 is 19.3 Å². The fraction of sp³-hybridized carbons (Fsp3) is 0.0800. The third-order valence-electron chi connectivity index (χ3n) is 4.80. The third kappa shape index (κ3) is 4.97. The summed E-state index contributed by atoms with van der Waals surface area (Å²) in [5, 5.41) is 13.1. The monoisotopic (exact) mass is 467 g/mol. The van der Waals surface area contributed by atoms with E-state index in [4.69, 9.17) is 32.0 Å². The number of amides is 1. The fourth-order valence-corrected chi connectivity index (χ4v) is 3.48. The first kappa shape index (κ1) is 22.0. The molecule has 0 radical (unpaired) electrons. The van der Waals surface area contributed by atoms with Crippen LogP contribution < -0.4 is 5.32 Å². The Morgan fingerprint density at radius 1 is 0.969 bits per heavy atom. The lowest BCUT2D eigenvalue weighted by Gasteiger charge is -2.06. The number of rotatable bonds is 6. The topological polar surface area (TPSA) is 75.6 Å². The van der Waals surface area contributed by atoms with Gasteiger partial charge in [0.1, 0.15) is 29.6 Å². The van der Waals surface area contributed by atoms with Crippen LogP contribution >= 0.6 is 23.2 Å². The molecule has 2 heterocycles. The van der Waals surface area contributed by atoms with E-state index in [2.05, 4.69) is 5.32 Å². The molecule has 4 rings (SSSR count). The van der Waals surface area contributed by atoms with Crippen LogP contribution in [0.4, 0.5) is 5.69 Å². The van der Waals surface area contributed by atoms with E-state index < -0.39 is 0 Å². The number of aliphatic hydroxyl groups excluding tert-OH is 1. The molecule has 162 valence electrons. The number of aryl methyl sites for hydroxylation is 1. The van der Waals surface area contributed by atoms with Crippen molar-refractivity contribution in [3.8, 4) is 22.6 Å². The lowest BCUT2D eigenvalue weighted by atomic mass is 10.1. The molecule has 0 saturated carbocycles. The molecule has 2 aromatic carbocycles. The molecular weight excluding hydrogens is 449 g/mol. The number of carbonyl (C=O) groups is 1. The minimum absolute atomic E-state index is 0.204. The maximum absolute atomic E-state index is 12.4. The smallest absolute Gasteiger partial charge is 0.248 e. The van der Waals surface area contributed by atoms with Gasteiger partial charge in [-0.25, -0.2) is 0 Å². The van der Waals surface area contributed by atoms with Crippen LogP contribution in [0.2, 0.25) is 10.0 Å². The van der Waals surface area contributed by atoms with Gasteiger partial charge >= 0.3 is 0 Å². The van der Waals surface area contributed by atoms with E-state index in [0.29, 0.717) is 44.3 Å². The molecule has 0 bridgehead atoms. The summed E-state index contributed by atoms with van der Waals surface area (Å²) in [5.74, 6) is 1.81. The number of benzene rings is 2. The zero-order valence-corrected chi connectivity index (χ0v) is 18.6. The minimum atomic E-state index is -0.329. The van der Waals surface area contributed by atoms with Crippen molar-refractivity contribution in [2.24, 2.45) is 0 Å². The van der Waals surface area contributed by atoms with E-state index in [9.17, 15) is 9.90 Å². The molecule has 0 saturated heterocycles. The number of hydrogen-bond acceptors (Lipinski definition) is 4. The first-order valence-corrected chi connectivity index (χ1v) is 10.5. The van der Waals surface area contributed by atoms with Crippen molar-refractivity contribution in [2.45, 2.75) is 13.5 Å². The summed E-state index contributed by atoms with van der Waals surface area (Å²) >= 11 is 12.4. The largest absolute Gasteiger partial charge is 0.459 e. The molecule has 2 aromatic heterocycles. The molecule has 5 nitrogen and oxygen atoms in total. The van der Waals surface area contributed by atoms with Gasteiger partial charge in [0, 0.05) is 27.9 Å². The highest BCUT2D eigenvalue weighted by Crippen LogP contribution is 2.32. The molecule has 0 unspecified atom stereocenters. The van der Waals surface area contributed by atoms with E-state index >= 15 is 0 Å². The third-order valence-corrected chi connectivity index (χ3v) is 5.54. The molecule has 32 heavy (non-hydrogen) atoms. The normalized spacial score (nSPS) is 11.2. The highest BCUT2D eigenvalue weighted by molar-refractivity contribution is 6.33. The van der Waals surface area contributed by atoms with Gasteiger partial charge in [-0.3, -0.25) is 4.79 Å². The second kappa shape index (κ2) is 9.49. The van der Waals surface area contributed by atoms with E-state index in [0.717, 1.165) is 11.1 Å². The zero-order chi connectivity index (χ0) is 22.7. The first-order valence-electron chi connectivity index (χ1n) is 9.78. The Kier molecular flexibility index (Phi) is 6.51. The van der Waals surface area contributed by atoms with Crippen LogP contribution in [0.25, 0.3) is 28.7 Å². The maximum atomic E-state index is 12.4. The molecule has 0 aliphatic rings. The van der Waals surface area contributed by atoms with E-state index in [-0.39, 0.29) is 12.5 Å². The van der Waals surface area contributed by atoms with Crippen molar-refractivity contribution in [3.05, 3.63) is 93.9 Å². The molecule has 7 heteroatoms. The summed E-state index contributed by atoms with van der Waals surface area (Å²) in [7, 11) is 0. The molecule has 4 aromatic rings. The number of nitrogens with one attached hydrogen (secondary N) is 1. The zero-order valence-electron chi connectivity index (χ0n) is 17.1. The average molecular weight is 468 g/mol. The summed E-state index contributed by atoms with van der Waals surface area (Å²) < 4.78 is 11.3. The summed E-state index contributed by atoms with van der Waals surface area (Å²) in [6.45, 7) is 1.73. The number of hydrogen-bond donors (Lipinski definition) is 2. The SMILES string of the molecule is Cc1ccc(-c2ccc(/C=C/C(=O)Nc3ccc(Cl)c(-c4ccc(CO)o4)c3)o2)cc1Cl. The van der Waals surface area contributed by atoms with Gasteiger partial charge in [-0.2, -0.15) is 0 Å². The highest BCUT2D eigenvalue weighted by atomic mass is 35.5. The molecule has 0 fully saturated rings. The highest BCUT2D eigenvalue weighted by Gasteiger charge is 2.11. The standard InChI is InChI=1S/C25H19Cl2NO4/c1-15-2-3-16(12-22(15)27)23-9-5-18(31-23)7-11-25(30)28-17-4-8-21(26)20(13-17)24-10-6-19(14-29)32-24/h2-13,29H,14H2,1H3,(H,28,30)/b11-7+. The summed E-state index contributed by atoms with van der Waals surface area (Å²) in [4.78, 5) is 12.4. The summed E-state index contributed by atoms with van der Waals surface area (Å²) in [6.07, 6.45) is 2.97. The molecule has 0 aliphatic carbocycles. The van der Waals surface area contributed by atoms with Crippen molar-refractivity contribution in [1.29, 1.82) is 0 Å². The minimum Gasteiger partial charge on any atom is -0.459 e. The Hall–Kier alpha value is -3.25. The number of furan rings is 2. The lowest BCUT2D eigenvalue weighted by Crippen LogP contribution is -2.07. The molecule has 0 aliphatic heterocycles. The summed E-state index contributed by atoms with van der Waals surface area (Å²) in [5.41, 5.74) is 3.02. The number of anilines is 1. The van der Waals surface area contributed by atoms with Crippen LogP contribution in [-0.2, 0) is 11.4 Å². The van der Waals surface area contributed by atoms with Crippen LogP contribution in [0.15, 0.2) is 75.6 Å². The number of halogens is 2. The van der Waals surface area contributed by atoms with Gasteiger partial charge in [0.25, 0.3) is 0 Å². The Bertz CT molecular complexity index is 1300. The van der Waals surface area contributed by atoms with E-state index in [1.807, 2.05) is 31.2 Å². The number of carbonyl (C=O) groups excluding carboxylic acids is 1. The van der Waals surface area contributed by atoms with Crippen molar-refractivity contribution in [2.75, 3.05) is 5.32 Å². The quantitative estimate of drug-likeness (QED) is 0.300. The van der Waals surface area contributed by atoms with Gasteiger partial charge in [-0.1, -0.05) is 35.3 Å². The van der Waals surface area contributed by atoms with Crippen LogP contribution in [0.3, 0.4) is 0 Å². The molecule has 2 N–H and O–H groups in total. The Morgan fingerprint density at radius 2 is 1.78 bits per heavy atom. The number of aliphatic hydroxyl groups is 1. The van der Waals surface area contributed by atoms with Gasteiger partial charge in [0.2, 0.25) is 5.91 Å². The molecule has 0 atom stereocenters. The van der Waals surface area contributed by atoms with Crippen LogP contribution in [0.5, 0.6) is 0 Å². The van der Waals surface area contributed by atoms with Crippen molar-refractivity contribution in [1.82, 2.24) is 0 Å². The van der Waals surface area contributed by atoms with Crippen LogP contribution in [0, 0.1) is 6.92 Å². The molecular formula is C25H19Cl2NO4. The predicted molar refractivity (Wildman–Crippen MR) is 127 cm³/mol. The van der Waals surface area contributed by atoms with E-state index in [1.165, 1.54) is 6.08 Å². The fourth-order valence-electron chi connectivity index (χ4n) is 3.08. The lowest BCUT2D eigenvalue weighted by molar-refractivity contribution is -0.111.